The van der Waals surface area contributed by atoms with Gasteiger partial charge in [-0.1, -0.05) is 38.0 Å². The Kier molecular flexibility index (Phi) is 5.02. The molecule has 0 aliphatic heterocycles. The molecule has 0 radical (unpaired) electrons. The van der Waals surface area contributed by atoms with Gasteiger partial charge in [0, 0.05) is 0 Å². The van der Waals surface area contributed by atoms with Crippen LogP contribution >= 0.6 is 0 Å². The Labute approximate surface area is 144 Å². The number of rotatable bonds is 4. The summed E-state index contributed by atoms with van der Waals surface area (Å²) in [4.78, 5) is 0. The third-order valence-corrected chi connectivity index (χ3v) is 4.88. The first-order valence-corrected chi connectivity index (χ1v) is 8.48. The molecule has 0 amide bonds. The Bertz CT molecular complexity index is 719. The van der Waals surface area contributed by atoms with Gasteiger partial charge in [0.15, 0.2) is 11.6 Å². The Hall–Kier alpha value is -2.04. The van der Waals surface area contributed by atoms with Gasteiger partial charge in [-0.25, -0.2) is 8.78 Å². The van der Waals surface area contributed by atoms with Crippen LogP contribution in [0, 0.1) is 17.6 Å². The maximum Gasteiger partial charge on any atom is 0.429 e. The van der Waals surface area contributed by atoms with Gasteiger partial charge in [-0.15, -0.1) is 0 Å². The van der Waals surface area contributed by atoms with Crippen molar-refractivity contribution in [2.24, 2.45) is 5.92 Å². The molecular formula is C20H20F4O. The normalized spacial score (nSPS) is 21.2. The zero-order chi connectivity index (χ0) is 18.0. The zero-order valence-electron chi connectivity index (χ0n) is 13.9. The van der Waals surface area contributed by atoms with E-state index in [0.717, 1.165) is 42.5 Å². The largest absolute Gasteiger partial charge is 0.429 e. The van der Waals surface area contributed by atoms with Crippen molar-refractivity contribution in [3.63, 3.8) is 0 Å². The molecule has 2 aromatic carbocycles. The van der Waals surface area contributed by atoms with E-state index in [2.05, 4.69) is 11.7 Å². The van der Waals surface area contributed by atoms with E-state index in [1.54, 1.807) is 12.1 Å². The Balaban J connectivity index is 1.73. The van der Waals surface area contributed by atoms with Crippen molar-refractivity contribution in [3.8, 4) is 5.75 Å². The molecule has 2 aromatic rings. The van der Waals surface area contributed by atoms with E-state index in [1.165, 1.54) is 25.0 Å². The van der Waals surface area contributed by atoms with Crippen LogP contribution in [0.2, 0.25) is 0 Å². The lowest BCUT2D eigenvalue weighted by Gasteiger charge is -2.26. The summed E-state index contributed by atoms with van der Waals surface area (Å²) in [5.41, 5.74) is -0.0163. The number of alkyl halides is 2. The molecule has 0 spiro atoms. The highest BCUT2D eigenvalue weighted by molar-refractivity contribution is 5.31. The summed E-state index contributed by atoms with van der Waals surface area (Å²) < 4.78 is 59.7. The summed E-state index contributed by atoms with van der Waals surface area (Å²) in [7, 11) is 0. The molecule has 5 heteroatoms. The first-order chi connectivity index (χ1) is 11.9. The zero-order valence-corrected chi connectivity index (χ0v) is 13.9. The fourth-order valence-corrected chi connectivity index (χ4v) is 3.33. The second kappa shape index (κ2) is 7.06. The molecule has 0 bridgehead atoms. The minimum absolute atomic E-state index is 0.0819. The van der Waals surface area contributed by atoms with E-state index in [-0.39, 0.29) is 5.75 Å². The van der Waals surface area contributed by atoms with Crippen LogP contribution in [-0.4, -0.2) is 0 Å². The Morgan fingerprint density at radius 1 is 0.920 bits per heavy atom. The molecule has 1 aliphatic carbocycles. The molecule has 0 atom stereocenters. The average Bonchev–Trinajstić information content (AvgIpc) is 2.58. The van der Waals surface area contributed by atoms with Gasteiger partial charge in [0.1, 0.15) is 11.3 Å². The highest BCUT2D eigenvalue weighted by Crippen LogP contribution is 2.37. The average molecular weight is 352 g/mol. The number of hydrogen-bond donors (Lipinski definition) is 0. The number of ether oxygens (including phenoxy) is 1. The van der Waals surface area contributed by atoms with Crippen LogP contribution in [-0.2, 0) is 6.11 Å². The van der Waals surface area contributed by atoms with Crippen molar-refractivity contribution in [1.82, 2.24) is 0 Å². The van der Waals surface area contributed by atoms with E-state index in [4.69, 9.17) is 0 Å². The number of benzene rings is 2. The van der Waals surface area contributed by atoms with Crippen LogP contribution in [0.15, 0.2) is 42.5 Å². The number of halogens is 4. The number of hydrogen-bond acceptors (Lipinski definition) is 1. The monoisotopic (exact) mass is 352 g/mol. The van der Waals surface area contributed by atoms with Crippen molar-refractivity contribution in [2.45, 2.75) is 44.6 Å². The first kappa shape index (κ1) is 17.8. The molecule has 0 unspecified atom stereocenters. The first-order valence-electron chi connectivity index (χ1n) is 8.48. The molecule has 25 heavy (non-hydrogen) atoms. The quantitative estimate of drug-likeness (QED) is 0.580. The molecule has 1 saturated carbocycles. The van der Waals surface area contributed by atoms with Gasteiger partial charge in [-0.2, -0.15) is 8.78 Å². The van der Waals surface area contributed by atoms with E-state index in [0.29, 0.717) is 5.92 Å². The SMILES string of the molecule is CC1CCC(c2ccc(OC(F)(F)c3cccc(F)c3F)cc2)CC1. The predicted octanol–water partition coefficient (Wildman–Crippen LogP) is 6.39. The van der Waals surface area contributed by atoms with E-state index < -0.39 is 23.3 Å². The Morgan fingerprint density at radius 3 is 2.20 bits per heavy atom. The van der Waals surface area contributed by atoms with Crippen LogP contribution < -0.4 is 4.74 Å². The highest BCUT2D eigenvalue weighted by atomic mass is 19.3. The molecule has 0 aromatic heterocycles. The lowest BCUT2D eigenvalue weighted by molar-refractivity contribution is -0.187. The smallest absolute Gasteiger partial charge is 0.429 e. The summed E-state index contributed by atoms with van der Waals surface area (Å²) in [5, 5.41) is 0. The van der Waals surface area contributed by atoms with Crippen LogP contribution in [0.5, 0.6) is 5.75 Å². The molecule has 1 fully saturated rings. The van der Waals surface area contributed by atoms with Crippen LogP contribution in [0.4, 0.5) is 17.6 Å². The second-order valence-electron chi connectivity index (χ2n) is 6.75. The summed E-state index contributed by atoms with van der Waals surface area (Å²) in [6, 6.07) is 9.09. The van der Waals surface area contributed by atoms with Gasteiger partial charge in [-0.3, -0.25) is 0 Å². The van der Waals surface area contributed by atoms with E-state index >= 15 is 0 Å². The minimum Gasteiger partial charge on any atom is -0.429 e. The maximum atomic E-state index is 14.2. The van der Waals surface area contributed by atoms with Gasteiger partial charge in [0.2, 0.25) is 0 Å². The molecule has 0 N–H and O–H groups in total. The van der Waals surface area contributed by atoms with Gasteiger partial charge >= 0.3 is 6.11 Å². The molecule has 1 nitrogen and oxygen atoms in total. The third-order valence-electron chi connectivity index (χ3n) is 4.88. The summed E-state index contributed by atoms with van der Waals surface area (Å²) in [5.74, 6) is -1.84. The van der Waals surface area contributed by atoms with Crippen molar-refractivity contribution in [1.29, 1.82) is 0 Å². The summed E-state index contributed by atoms with van der Waals surface area (Å²) in [6.07, 6.45) is 0.561. The lowest BCUT2D eigenvalue weighted by atomic mass is 9.79. The standard InChI is InChI=1S/C20H20F4O/c1-13-5-7-14(8-6-13)15-9-11-16(12-10-15)25-20(23,24)17-3-2-4-18(21)19(17)22/h2-4,9-14H,5-8H2,1H3. The summed E-state index contributed by atoms with van der Waals surface area (Å²) >= 11 is 0. The second-order valence-corrected chi connectivity index (χ2v) is 6.75. The predicted molar refractivity (Wildman–Crippen MR) is 87.7 cm³/mol. The Morgan fingerprint density at radius 2 is 1.56 bits per heavy atom. The van der Waals surface area contributed by atoms with Gasteiger partial charge in [0.05, 0.1) is 0 Å². The van der Waals surface area contributed by atoms with Gasteiger partial charge < -0.3 is 4.74 Å². The van der Waals surface area contributed by atoms with E-state index in [9.17, 15) is 17.6 Å². The fraction of sp³-hybridized carbons (Fsp3) is 0.400. The van der Waals surface area contributed by atoms with E-state index in [1.807, 2.05) is 0 Å². The van der Waals surface area contributed by atoms with Crippen LogP contribution in [0.1, 0.15) is 49.7 Å². The molecule has 134 valence electrons. The van der Waals surface area contributed by atoms with Crippen molar-refractivity contribution < 1.29 is 22.3 Å². The van der Waals surface area contributed by atoms with Gasteiger partial charge in [0.25, 0.3) is 0 Å². The van der Waals surface area contributed by atoms with Crippen molar-refractivity contribution in [3.05, 3.63) is 65.2 Å². The molecule has 3 rings (SSSR count). The molecule has 0 saturated heterocycles. The summed E-state index contributed by atoms with van der Waals surface area (Å²) in [6.45, 7) is 2.24. The van der Waals surface area contributed by atoms with Crippen LogP contribution in [0.25, 0.3) is 0 Å². The highest BCUT2D eigenvalue weighted by Gasteiger charge is 2.38. The molecule has 1 aliphatic rings. The minimum atomic E-state index is -3.95. The van der Waals surface area contributed by atoms with Crippen LogP contribution in [0.3, 0.4) is 0 Å². The molecule has 0 heterocycles. The topological polar surface area (TPSA) is 9.23 Å². The maximum absolute atomic E-state index is 14.2. The molecular weight excluding hydrogens is 332 g/mol. The van der Waals surface area contributed by atoms with Crippen molar-refractivity contribution >= 4 is 0 Å². The van der Waals surface area contributed by atoms with Gasteiger partial charge in [-0.05, 0) is 54.5 Å². The van der Waals surface area contributed by atoms with Crippen molar-refractivity contribution in [2.75, 3.05) is 0 Å². The fourth-order valence-electron chi connectivity index (χ4n) is 3.33. The lowest BCUT2D eigenvalue weighted by Crippen LogP contribution is -2.24. The third kappa shape index (κ3) is 3.97.